The van der Waals surface area contributed by atoms with Gasteiger partial charge >= 0.3 is 0 Å². The Balaban J connectivity index is 3.03. The van der Waals surface area contributed by atoms with Crippen LogP contribution in [0.3, 0.4) is 0 Å². The zero-order chi connectivity index (χ0) is 33.0. The van der Waals surface area contributed by atoms with E-state index in [-0.39, 0.29) is 23.7 Å². The zero-order valence-electron chi connectivity index (χ0n) is 29.7. The Morgan fingerprint density at radius 1 is 0.489 bits per heavy atom. The van der Waals surface area contributed by atoms with E-state index in [0.717, 1.165) is 108 Å². The van der Waals surface area contributed by atoms with Gasteiger partial charge in [-0.05, 0) is 37.8 Å². The molecule has 0 saturated heterocycles. The Morgan fingerprint density at radius 2 is 0.800 bits per heavy atom. The lowest BCUT2D eigenvalue weighted by atomic mass is 9.93. The first-order chi connectivity index (χ1) is 22.0. The van der Waals surface area contributed by atoms with Gasteiger partial charge in [-0.25, -0.2) is 10.9 Å². The number of rotatable bonds is 27. The highest BCUT2D eigenvalue weighted by Gasteiger charge is 2.27. The number of unbranched alkanes of at least 4 members (excludes halogenated alkanes) is 16. The van der Waals surface area contributed by atoms with Crippen molar-refractivity contribution in [2.24, 2.45) is 11.8 Å². The molecule has 0 fully saturated rings. The van der Waals surface area contributed by atoms with Crippen LogP contribution in [0.1, 0.15) is 192 Å². The lowest BCUT2D eigenvalue weighted by Crippen LogP contribution is -2.58. The van der Waals surface area contributed by atoms with E-state index in [1.807, 2.05) is 6.07 Å². The topological polar surface area (TPSA) is 78.5 Å². The number of hydrazine groups is 2. The molecule has 0 bridgehead atoms. The van der Waals surface area contributed by atoms with Gasteiger partial charge in [0.25, 0.3) is 5.91 Å². The maximum atomic E-state index is 13.8. The van der Waals surface area contributed by atoms with Gasteiger partial charge in [0.2, 0.25) is 11.8 Å². The van der Waals surface area contributed by atoms with Gasteiger partial charge in [0.15, 0.2) is 0 Å². The molecule has 2 atom stereocenters. The van der Waals surface area contributed by atoms with Gasteiger partial charge in [-0.3, -0.25) is 14.4 Å². The third-order valence-electron chi connectivity index (χ3n) is 9.03. The third-order valence-corrected chi connectivity index (χ3v) is 9.03. The Kier molecular flexibility index (Phi) is 25.2. The summed E-state index contributed by atoms with van der Waals surface area (Å²) >= 11 is 0. The van der Waals surface area contributed by atoms with E-state index in [4.69, 9.17) is 0 Å². The average Bonchev–Trinajstić information content (AvgIpc) is 3.05. The summed E-state index contributed by atoms with van der Waals surface area (Å²) in [6, 6.07) is 8.92. The fourth-order valence-electron chi connectivity index (χ4n) is 6.03. The van der Waals surface area contributed by atoms with E-state index >= 15 is 0 Å². The van der Waals surface area contributed by atoms with Gasteiger partial charge in [0, 0.05) is 17.4 Å². The van der Waals surface area contributed by atoms with Crippen LogP contribution in [0, 0.1) is 11.8 Å². The first-order valence-corrected chi connectivity index (χ1v) is 19.0. The zero-order valence-corrected chi connectivity index (χ0v) is 29.7. The van der Waals surface area contributed by atoms with Gasteiger partial charge in [0.05, 0.1) is 0 Å². The van der Waals surface area contributed by atoms with Crippen molar-refractivity contribution in [2.45, 2.75) is 182 Å². The highest BCUT2D eigenvalue weighted by Crippen LogP contribution is 2.21. The summed E-state index contributed by atoms with van der Waals surface area (Å²) in [4.78, 5) is 41.2. The van der Waals surface area contributed by atoms with Crippen molar-refractivity contribution in [3.8, 4) is 0 Å². The Labute approximate surface area is 277 Å². The van der Waals surface area contributed by atoms with Crippen molar-refractivity contribution in [3.63, 3.8) is 0 Å². The fourth-order valence-corrected chi connectivity index (χ4v) is 6.03. The van der Waals surface area contributed by atoms with Gasteiger partial charge in [-0.1, -0.05) is 174 Å². The smallest absolute Gasteiger partial charge is 0.273 e. The van der Waals surface area contributed by atoms with Crippen LogP contribution < -0.4 is 10.9 Å². The molecule has 0 aliphatic rings. The van der Waals surface area contributed by atoms with Crippen LogP contribution in [-0.4, -0.2) is 22.8 Å². The number of carbonyl (C=O) groups is 3. The summed E-state index contributed by atoms with van der Waals surface area (Å²) in [5.74, 6) is -1.10. The first kappa shape index (κ1) is 40.7. The largest absolute Gasteiger partial charge is 0.291 e. The minimum absolute atomic E-state index is 0.167. The first-order valence-electron chi connectivity index (χ1n) is 19.0. The Bertz CT molecular complexity index is 830. The van der Waals surface area contributed by atoms with E-state index in [0.29, 0.717) is 5.56 Å². The Morgan fingerprint density at radius 3 is 1.16 bits per heavy atom. The van der Waals surface area contributed by atoms with E-state index < -0.39 is 5.91 Å². The second kappa shape index (κ2) is 27.9. The lowest BCUT2D eigenvalue weighted by Gasteiger charge is -2.28. The van der Waals surface area contributed by atoms with Gasteiger partial charge in [0.1, 0.15) is 0 Å². The molecule has 2 N–H and O–H groups in total. The summed E-state index contributed by atoms with van der Waals surface area (Å²) in [7, 11) is 0. The SMILES string of the molecule is CCCCCCCCC(CCCCCC)C(=O)NN(NC(=O)C(CCCCCC)CCCCCCCC)C(=O)c1ccccc1. The molecule has 6 nitrogen and oxygen atoms in total. The molecule has 0 heterocycles. The highest BCUT2D eigenvalue weighted by molar-refractivity contribution is 5.96. The molecule has 0 aliphatic heterocycles. The molecule has 3 amide bonds. The predicted octanol–water partition coefficient (Wildman–Crippen LogP) is 10.9. The van der Waals surface area contributed by atoms with Crippen molar-refractivity contribution in [3.05, 3.63) is 35.9 Å². The van der Waals surface area contributed by atoms with Crippen LogP contribution in [0.25, 0.3) is 0 Å². The van der Waals surface area contributed by atoms with Crippen LogP contribution in [-0.2, 0) is 9.59 Å². The lowest BCUT2D eigenvalue weighted by molar-refractivity contribution is -0.136. The molecule has 1 aromatic rings. The molecule has 1 aromatic carbocycles. The molecular formula is C39H69N3O3. The van der Waals surface area contributed by atoms with E-state index in [2.05, 4.69) is 38.5 Å². The molecule has 0 aromatic heterocycles. The number of amides is 3. The molecule has 0 saturated carbocycles. The number of hydrogen-bond acceptors (Lipinski definition) is 3. The van der Waals surface area contributed by atoms with Crippen molar-refractivity contribution in [1.82, 2.24) is 16.0 Å². The van der Waals surface area contributed by atoms with E-state index in [9.17, 15) is 14.4 Å². The molecule has 2 unspecified atom stereocenters. The number of carbonyl (C=O) groups excluding carboxylic acids is 3. The number of hydrogen-bond donors (Lipinski definition) is 2. The fraction of sp³-hybridized carbons (Fsp3) is 0.769. The number of nitrogens with one attached hydrogen (secondary N) is 2. The molecule has 0 radical (unpaired) electrons. The van der Waals surface area contributed by atoms with Gasteiger partial charge < -0.3 is 0 Å². The molecule has 0 spiro atoms. The quantitative estimate of drug-likeness (QED) is 0.0752. The second-order valence-electron chi connectivity index (χ2n) is 13.2. The normalized spacial score (nSPS) is 12.4. The van der Waals surface area contributed by atoms with Gasteiger partial charge in [-0.15, -0.1) is 0 Å². The standard InChI is InChI=1S/C39H69N3O3/c1-5-9-13-17-19-24-30-34(28-22-15-11-7-3)37(43)40-42(39(45)36-32-26-21-27-33-36)41-38(44)35(29-23-16-12-8-4)31-25-20-18-14-10-6-2/h21,26-27,32-35H,5-20,22-25,28-31H2,1-4H3,(H,40,43)(H,41,44). The second-order valence-corrected chi connectivity index (χ2v) is 13.2. The molecular weight excluding hydrogens is 558 g/mol. The van der Waals surface area contributed by atoms with Gasteiger partial charge in [-0.2, -0.15) is 5.12 Å². The molecule has 258 valence electrons. The van der Waals surface area contributed by atoms with Crippen molar-refractivity contribution < 1.29 is 14.4 Å². The summed E-state index contributed by atoms with van der Waals surface area (Å²) < 4.78 is 0. The van der Waals surface area contributed by atoms with Crippen LogP contribution in [0.4, 0.5) is 0 Å². The maximum Gasteiger partial charge on any atom is 0.291 e. The van der Waals surface area contributed by atoms with Crippen molar-refractivity contribution >= 4 is 17.7 Å². The average molecular weight is 628 g/mol. The summed E-state index contributed by atoms with van der Waals surface area (Å²) in [5.41, 5.74) is 6.20. The molecule has 45 heavy (non-hydrogen) atoms. The molecule has 6 heteroatoms. The number of nitrogens with zero attached hydrogens (tertiary/aromatic N) is 1. The Hall–Kier alpha value is -2.37. The monoisotopic (exact) mass is 628 g/mol. The van der Waals surface area contributed by atoms with Crippen LogP contribution in [0.15, 0.2) is 30.3 Å². The summed E-state index contributed by atoms with van der Waals surface area (Å²) in [6.45, 7) is 8.84. The third kappa shape index (κ3) is 19.7. The molecule has 0 aliphatic carbocycles. The number of benzene rings is 1. The van der Waals surface area contributed by atoms with Crippen molar-refractivity contribution in [1.29, 1.82) is 0 Å². The summed E-state index contributed by atoms with van der Waals surface area (Å²) in [6.07, 6.45) is 26.2. The van der Waals surface area contributed by atoms with Crippen molar-refractivity contribution in [2.75, 3.05) is 0 Å². The minimum atomic E-state index is -0.411. The minimum Gasteiger partial charge on any atom is -0.273 e. The molecule has 1 rings (SSSR count). The van der Waals surface area contributed by atoms with E-state index in [1.54, 1.807) is 24.3 Å². The van der Waals surface area contributed by atoms with Crippen LogP contribution in [0.5, 0.6) is 0 Å². The van der Waals surface area contributed by atoms with E-state index in [1.165, 1.54) is 51.4 Å². The highest BCUT2D eigenvalue weighted by atomic mass is 16.2. The van der Waals surface area contributed by atoms with Crippen LogP contribution in [0.2, 0.25) is 0 Å². The maximum absolute atomic E-state index is 13.8. The van der Waals surface area contributed by atoms with Crippen LogP contribution >= 0.6 is 0 Å². The summed E-state index contributed by atoms with van der Waals surface area (Å²) in [5, 5.41) is 1.10. The predicted molar refractivity (Wildman–Crippen MR) is 189 cm³/mol.